The van der Waals surface area contributed by atoms with Crippen LogP contribution in [-0.4, -0.2) is 11.5 Å². The van der Waals surface area contributed by atoms with Gasteiger partial charge in [0.2, 0.25) is 5.88 Å². The normalized spacial score (nSPS) is 10.3. The molecule has 94 valence electrons. The lowest BCUT2D eigenvalue weighted by Gasteiger charge is -2.10. The lowest BCUT2D eigenvalue weighted by molar-refractivity contribution is 0.453. The summed E-state index contributed by atoms with van der Waals surface area (Å²) in [4.78, 5) is 4.32. The van der Waals surface area contributed by atoms with Crippen molar-refractivity contribution in [1.29, 1.82) is 0 Å². The molecule has 1 aromatic carbocycles. The summed E-state index contributed by atoms with van der Waals surface area (Å²) in [7, 11) is 0. The Balaban J connectivity index is 2.21. The number of hydrogen-bond donors (Lipinski definition) is 1. The standard InChI is InChI=1S/C14H15BrN2O/c1-2-16-9-11-8-12(15)10-17-14(11)18-13-6-4-3-5-7-13/h3-8,10,16H,2,9H2,1H3. The summed E-state index contributed by atoms with van der Waals surface area (Å²) in [6.07, 6.45) is 1.74. The maximum absolute atomic E-state index is 5.79. The van der Waals surface area contributed by atoms with Gasteiger partial charge in [-0.2, -0.15) is 0 Å². The highest BCUT2D eigenvalue weighted by Gasteiger charge is 2.07. The summed E-state index contributed by atoms with van der Waals surface area (Å²) in [5.41, 5.74) is 1.04. The highest BCUT2D eigenvalue weighted by atomic mass is 79.9. The molecule has 0 aliphatic rings. The fourth-order valence-electron chi connectivity index (χ4n) is 1.55. The Morgan fingerprint density at radius 2 is 2.06 bits per heavy atom. The molecule has 0 saturated heterocycles. The van der Waals surface area contributed by atoms with Gasteiger partial charge in [-0.3, -0.25) is 0 Å². The number of ether oxygens (including phenoxy) is 1. The van der Waals surface area contributed by atoms with Crippen molar-refractivity contribution < 1.29 is 4.74 Å². The second kappa shape index (κ2) is 6.52. The Labute approximate surface area is 115 Å². The van der Waals surface area contributed by atoms with E-state index >= 15 is 0 Å². The average Bonchev–Trinajstić information content (AvgIpc) is 2.40. The Hall–Kier alpha value is -1.39. The van der Waals surface area contributed by atoms with E-state index in [1.54, 1.807) is 6.20 Å². The summed E-state index contributed by atoms with van der Waals surface area (Å²) in [6.45, 7) is 3.73. The van der Waals surface area contributed by atoms with E-state index in [0.29, 0.717) is 5.88 Å². The molecule has 0 fully saturated rings. The Bertz CT molecular complexity index is 502. The van der Waals surface area contributed by atoms with E-state index in [1.165, 1.54) is 0 Å². The van der Waals surface area contributed by atoms with Crippen LogP contribution in [0.15, 0.2) is 47.1 Å². The van der Waals surface area contributed by atoms with Crippen LogP contribution in [0, 0.1) is 0 Å². The highest BCUT2D eigenvalue weighted by Crippen LogP contribution is 2.25. The second-order valence-corrected chi connectivity index (χ2v) is 4.73. The van der Waals surface area contributed by atoms with Crippen molar-refractivity contribution in [2.75, 3.05) is 6.54 Å². The van der Waals surface area contributed by atoms with Crippen molar-refractivity contribution in [3.8, 4) is 11.6 Å². The molecule has 2 rings (SSSR count). The van der Waals surface area contributed by atoms with Gasteiger partial charge >= 0.3 is 0 Å². The lowest BCUT2D eigenvalue weighted by Crippen LogP contribution is -2.12. The van der Waals surface area contributed by atoms with E-state index in [-0.39, 0.29) is 0 Å². The number of para-hydroxylation sites is 1. The van der Waals surface area contributed by atoms with E-state index < -0.39 is 0 Å². The quantitative estimate of drug-likeness (QED) is 0.913. The zero-order chi connectivity index (χ0) is 12.8. The van der Waals surface area contributed by atoms with E-state index in [1.807, 2.05) is 36.4 Å². The Morgan fingerprint density at radius 3 is 2.78 bits per heavy atom. The Morgan fingerprint density at radius 1 is 1.28 bits per heavy atom. The largest absolute Gasteiger partial charge is 0.439 e. The SMILES string of the molecule is CCNCc1cc(Br)cnc1Oc1ccccc1. The predicted molar refractivity (Wildman–Crippen MR) is 75.8 cm³/mol. The molecule has 0 atom stereocenters. The van der Waals surface area contributed by atoms with E-state index in [2.05, 4.69) is 33.2 Å². The molecule has 1 aromatic heterocycles. The van der Waals surface area contributed by atoms with Crippen LogP contribution in [0.5, 0.6) is 11.6 Å². The molecule has 4 heteroatoms. The number of benzene rings is 1. The average molecular weight is 307 g/mol. The van der Waals surface area contributed by atoms with Gasteiger partial charge in [0.1, 0.15) is 5.75 Å². The van der Waals surface area contributed by atoms with Crippen LogP contribution < -0.4 is 10.1 Å². The maximum atomic E-state index is 5.79. The molecule has 0 radical (unpaired) electrons. The van der Waals surface area contributed by atoms with Crippen LogP contribution >= 0.6 is 15.9 Å². The lowest BCUT2D eigenvalue weighted by atomic mass is 10.2. The van der Waals surface area contributed by atoms with Crippen molar-refractivity contribution in [2.45, 2.75) is 13.5 Å². The van der Waals surface area contributed by atoms with Crippen LogP contribution in [0.25, 0.3) is 0 Å². The molecule has 18 heavy (non-hydrogen) atoms. The van der Waals surface area contributed by atoms with Gasteiger partial charge in [0.05, 0.1) is 0 Å². The molecule has 1 heterocycles. The van der Waals surface area contributed by atoms with Crippen molar-refractivity contribution in [1.82, 2.24) is 10.3 Å². The zero-order valence-corrected chi connectivity index (χ0v) is 11.8. The first-order valence-electron chi connectivity index (χ1n) is 5.87. The van der Waals surface area contributed by atoms with E-state index in [9.17, 15) is 0 Å². The second-order valence-electron chi connectivity index (χ2n) is 3.81. The molecular weight excluding hydrogens is 292 g/mol. The van der Waals surface area contributed by atoms with Gasteiger partial charge in [0, 0.05) is 22.8 Å². The molecule has 2 aromatic rings. The van der Waals surface area contributed by atoms with Gasteiger partial charge < -0.3 is 10.1 Å². The van der Waals surface area contributed by atoms with Crippen LogP contribution in [-0.2, 0) is 6.54 Å². The number of nitrogens with one attached hydrogen (secondary N) is 1. The molecule has 0 unspecified atom stereocenters. The molecule has 0 aliphatic heterocycles. The van der Waals surface area contributed by atoms with Crippen molar-refractivity contribution in [2.24, 2.45) is 0 Å². The molecule has 0 aliphatic carbocycles. The maximum Gasteiger partial charge on any atom is 0.223 e. The highest BCUT2D eigenvalue weighted by molar-refractivity contribution is 9.10. The molecule has 1 N–H and O–H groups in total. The van der Waals surface area contributed by atoms with Crippen molar-refractivity contribution in [3.05, 3.63) is 52.6 Å². The number of pyridine rings is 1. The van der Waals surface area contributed by atoms with E-state index in [4.69, 9.17) is 4.74 Å². The minimum absolute atomic E-state index is 0.644. The van der Waals surface area contributed by atoms with Crippen LogP contribution in [0.4, 0.5) is 0 Å². The minimum atomic E-state index is 0.644. The first kappa shape index (κ1) is 13.1. The van der Waals surface area contributed by atoms with Crippen molar-refractivity contribution >= 4 is 15.9 Å². The summed E-state index contributed by atoms with van der Waals surface area (Å²) in [5.74, 6) is 1.44. The third kappa shape index (κ3) is 3.55. The van der Waals surface area contributed by atoms with Crippen LogP contribution in [0.3, 0.4) is 0 Å². The molecule has 0 saturated carbocycles. The molecule has 0 spiro atoms. The van der Waals surface area contributed by atoms with E-state index in [0.717, 1.165) is 28.9 Å². The first-order valence-corrected chi connectivity index (χ1v) is 6.67. The Kier molecular flexibility index (Phi) is 4.73. The molecular formula is C14H15BrN2O. The van der Waals surface area contributed by atoms with Gasteiger partial charge in [0.25, 0.3) is 0 Å². The number of rotatable bonds is 5. The number of nitrogens with zero attached hydrogens (tertiary/aromatic N) is 1. The number of hydrogen-bond acceptors (Lipinski definition) is 3. The molecule has 0 amide bonds. The molecule has 3 nitrogen and oxygen atoms in total. The summed E-state index contributed by atoms with van der Waals surface area (Å²) >= 11 is 3.43. The predicted octanol–water partition coefficient (Wildman–Crippen LogP) is 3.75. The summed E-state index contributed by atoms with van der Waals surface area (Å²) in [6, 6.07) is 11.7. The number of halogens is 1. The molecule has 0 bridgehead atoms. The smallest absolute Gasteiger partial charge is 0.223 e. The third-order valence-corrected chi connectivity index (χ3v) is 2.85. The minimum Gasteiger partial charge on any atom is -0.439 e. The van der Waals surface area contributed by atoms with Crippen molar-refractivity contribution in [3.63, 3.8) is 0 Å². The summed E-state index contributed by atoms with van der Waals surface area (Å²) in [5, 5.41) is 3.28. The monoisotopic (exact) mass is 306 g/mol. The zero-order valence-electron chi connectivity index (χ0n) is 10.2. The van der Waals surface area contributed by atoms with Gasteiger partial charge in [-0.1, -0.05) is 25.1 Å². The summed E-state index contributed by atoms with van der Waals surface area (Å²) < 4.78 is 6.74. The topological polar surface area (TPSA) is 34.2 Å². The third-order valence-electron chi connectivity index (χ3n) is 2.42. The first-order chi connectivity index (χ1) is 8.79. The van der Waals surface area contributed by atoms with Gasteiger partial charge in [-0.05, 0) is 40.7 Å². The number of aromatic nitrogens is 1. The fraction of sp³-hybridized carbons (Fsp3) is 0.214. The fourth-order valence-corrected chi connectivity index (χ4v) is 1.93. The van der Waals surface area contributed by atoms with Crippen LogP contribution in [0.1, 0.15) is 12.5 Å². The van der Waals surface area contributed by atoms with Gasteiger partial charge in [0.15, 0.2) is 0 Å². The van der Waals surface area contributed by atoms with Gasteiger partial charge in [-0.25, -0.2) is 4.98 Å². The van der Waals surface area contributed by atoms with Gasteiger partial charge in [-0.15, -0.1) is 0 Å². The van der Waals surface area contributed by atoms with Crippen LogP contribution in [0.2, 0.25) is 0 Å².